The van der Waals surface area contributed by atoms with E-state index in [1.54, 1.807) is 0 Å². The van der Waals surface area contributed by atoms with Crippen molar-refractivity contribution in [2.24, 2.45) is 17.8 Å². The third-order valence-electron chi connectivity index (χ3n) is 6.38. The lowest BCUT2D eigenvalue weighted by molar-refractivity contribution is -0.200. The molecular formula is C20H30O5. The number of hydrogen-bond donors (Lipinski definition) is 0. The Balaban J connectivity index is 1.97. The Labute approximate surface area is 150 Å². The maximum Gasteiger partial charge on any atom is 0.334 e. The molecule has 0 aromatic carbocycles. The fraction of sp³-hybridized carbons (Fsp3) is 0.800. The maximum absolute atomic E-state index is 12.5. The molecule has 7 unspecified atom stereocenters. The molecule has 3 aliphatic rings. The number of carbonyl (C=O) groups is 2. The number of rotatable bonds is 3. The standard InChI is InChI=1S/C20H30O5/c1-6-11(2)18(21)24-17-16-14(13(4)19(22)23-16)10-15-12(3)8-7-9-20(17,5)25-15/h11-12,14-17H,4,6-10H2,1-3,5H3. The summed E-state index contributed by atoms with van der Waals surface area (Å²) in [6.07, 6.45) is 3.24. The molecule has 0 spiro atoms. The molecule has 0 saturated carbocycles. The monoisotopic (exact) mass is 350 g/mol. The minimum atomic E-state index is -0.636. The van der Waals surface area contributed by atoms with Crippen LogP contribution in [0.4, 0.5) is 0 Å². The Kier molecular flexibility index (Phi) is 4.97. The van der Waals surface area contributed by atoms with Crippen LogP contribution in [0.15, 0.2) is 12.2 Å². The summed E-state index contributed by atoms with van der Waals surface area (Å²) in [5, 5.41) is 0. The van der Waals surface area contributed by atoms with E-state index < -0.39 is 17.8 Å². The lowest BCUT2D eigenvalue weighted by Crippen LogP contribution is -2.52. The highest BCUT2D eigenvalue weighted by molar-refractivity contribution is 5.91. The lowest BCUT2D eigenvalue weighted by atomic mass is 9.79. The highest BCUT2D eigenvalue weighted by Crippen LogP contribution is 2.47. The van der Waals surface area contributed by atoms with Gasteiger partial charge in [0, 0.05) is 11.5 Å². The minimum absolute atomic E-state index is 0.0264. The molecule has 3 saturated heterocycles. The van der Waals surface area contributed by atoms with E-state index in [2.05, 4.69) is 13.5 Å². The Morgan fingerprint density at radius 2 is 2.20 bits per heavy atom. The van der Waals surface area contributed by atoms with Gasteiger partial charge in [0.05, 0.1) is 12.0 Å². The van der Waals surface area contributed by atoms with E-state index in [0.29, 0.717) is 24.3 Å². The molecule has 7 atom stereocenters. The molecule has 0 aliphatic carbocycles. The van der Waals surface area contributed by atoms with Crippen molar-refractivity contribution in [1.82, 2.24) is 0 Å². The van der Waals surface area contributed by atoms with Gasteiger partial charge >= 0.3 is 11.9 Å². The van der Waals surface area contributed by atoms with E-state index in [-0.39, 0.29) is 29.9 Å². The van der Waals surface area contributed by atoms with Gasteiger partial charge in [-0.15, -0.1) is 0 Å². The number of esters is 2. The molecule has 3 aliphatic heterocycles. The average Bonchev–Trinajstić information content (AvgIpc) is 2.70. The Hall–Kier alpha value is -1.36. The molecule has 3 heterocycles. The van der Waals surface area contributed by atoms with E-state index >= 15 is 0 Å². The van der Waals surface area contributed by atoms with Gasteiger partial charge in [-0.1, -0.05) is 33.8 Å². The second-order valence-electron chi connectivity index (χ2n) is 8.24. The van der Waals surface area contributed by atoms with E-state index in [0.717, 1.165) is 19.3 Å². The van der Waals surface area contributed by atoms with Gasteiger partial charge < -0.3 is 14.2 Å². The summed E-state index contributed by atoms with van der Waals surface area (Å²) in [6, 6.07) is 0. The van der Waals surface area contributed by atoms with E-state index in [9.17, 15) is 9.59 Å². The predicted octanol–water partition coefficient (Wildman–Crippen LogP) is 3.41. The van der Waals surface area contributed by atoms with Crippen molar-refractivity contribution in [3.8, 4) is 0 Å². The van der Waals surface area contributed by atoms with Gasteiger partial charge in [-0.05, 0) is 38.5 Å². The first-order valence-electron chi connectivity index (χ1n) is 9.55. The van der Waals surface area contributed by atoms with Crippen LogP contribution < -0.4 is 0 Å². The zero-order valence-electron chi connectivity index (χ0n) is 15.7. The summed E-state index contributed by atoms with van der Waals surface area (Å²) in [5.74, 6) is -0.550. The van der Waals surface area contributed by atoms with Crippen LogP contribution in [0, 0.1) is 17.8 Å². The third kappa shape index (κ3) is 3.23. The van der Waals surface area contributed by atoms with Crippen molar-refractivity contribution in [2.75, 3.05) is 0 Å². The zero-order valence-corrected chi connectivity index (χ0v) is 15.7. The number of fused-ring (bicyclic) bond motifs is 3. The number of ether oxygens (including phenoxy) is 3. The van der Waals surface area contributed by atoms with Crippen molar-refractivity contribution >= 4 is 11.9 Å². The summed E-state index contributed by atoms with van der Waals surface area (Å²) < 4.78 is 18.1. The van der Waals surface area contributed by atoms with Crippen LogP contribution in [0.2, 0.25) is 0 Å². The molecule has 0 aromatic rings. The van der Waals surface area contributed by atoms with E-state index in [1.807, 2.05) is 20.8 Å². The molecule has 0 N–H and O–H groups in total. The summed E-state index contributed by atoms with van der Waals surface area (Å²) in [6.45, 7) is 12.0. The van der Waals surface area contributed by atoms with Gasteiger partial charge in [-0.3, -0.25) is 4.79 Å². The molecule has 2 bridgehead atoms. The summed E-state index contributed by atoms with van der Waals surface area (Å²) in [5.41, 5.74) is -0.150. The molecule has 3 rings (SSSR count). The summed E-state index contributed by atoms with van der Waals surface area (Å²) >= 11 is 0. The highest BCUT2D eigenvalue weighted by Gasteiger charge is 2.57. The molecule has 140 valence electrons. The van der Waals surface area contributed by atoms with E-state index in [4.69, 9.17) is 14.2 Å². The number of carbonyl (C=O) groups excluding carboxylic acids is 2. The first kappa shape index (κ1) is 18.4. The SMILES string of the molecule is C=C1C(=O)OC2C1CC1OC(C)(CCCC1C)C2OC(=O)C(C)CC. The first-order chi connectivity index (χ1) is 11.8. The second kappa shape index (κ2) is 6.75. The first-order valence-corrected chi connectivity index (χ1v) is 9.55. The van der Waals surface area contributed by atoms with Gasteiger partial charge in [-0.2, -0.15) is 0 Å². The predicted molar refractivity (Wildman–Crippen MR) is 92.8 cm³/mol. The molecule has 5 heteroatoms. The molecule has 0 aromatic heterocycles. The van der Waals surface area contributed by atoms with Crippen LogP contribution in [0.5, 0.6) is 0 Å². The largest absolute Gasteiger partial charge is 0.455 e. The molecule has 0 amide bonds. The summed E-state index contributed by atoms with van der Waals surface area (Å²) in [4.78, 5) is 24.7. The van der Waals surface area contributed by atoms with Crippen LogP contribution >= 0.6 is 0 Å². The molecule has 3 fully saturated rings. The van der Waals surface area contributed by atoms with Gasteiger partial charge in [0.15, 0.2) is 6.10 Å². The molecular weight excluding hydrogens is 320 g/mol. The van der Waals surface area contributed by atoms with Crippen LogP contribution in [0.25, 0.3) is 0 Å². The van der Waals surface area contributed by atoms with Crippen LogP contribution in [-0.4, -0.2) is 35.9 Å². The zero-order chi connectivity index (χ0) is 18.4. The fourth-order valence-electron chi connectivity index (χ4n) is 4.35. The van der Waals surface area contributed by atoms with Crippen molar-refractivity contribution in [3.05, 3.63) is 12.2 Å². The highest BCUT2D eigenvalue weighted by atomic mass is 16.6. The number of hydrogen-bond acceptors (Lipinski definition) is 5. The smallest absolute Gasteiger partial charge is 0.334 e. The Morgan fingerprint density at radius 3 is 2.88 bits per heavy atom. The van der Waals surface area contributed by atoms with Crippen LogP contribution in [0.3, 0.4) is 0 Å². The maximum atomic E-state index is 12.5. The van der Waals surface area contributed by atoms with Gasteiger partial charge in [0.2, 0.25) is 0 Å². The second-order valence-corrected chi connectivity index (χ2v) is 8.24. The van der Waals surface area contributed by atoms with Crippen molar-refractivity contribution in [2.45, 2.75) is 83.7 Å². The van der Waals surface area contributed by atoms with Crippen LogP contribution in [-0.2, 0) is 23.8 Å². The lowest BCUT2D eigenvalue weighted by Gasteiger charge is -2.38. The van der Waals surface area contributed by atoms with Crippen molar-refractivity contribution in [1.29, 1.82) is 0 Å². The Morgan fingerprint density at radius 1 is 1.48 bits per heavy atom. The average molecular weight is 350 g/mol. The molecule has 0 radical (unpaired) electrons. The van der Waals surface area contributed by atoms with Gasteiger partial charge in [0.1, 0.15) is 11.7 Å². The third-order valence-corrected chi connectivity index (χ3v) is 6.38. The fourth-order valence-corrected chi connectivity index (χ4v) is 4.35. The molecule has 5 nitrogen and oxygen atoms in total. The Bertz CT molecular complexity index is 570. The van der Waals surface area contributed by atoms with Gasteiger partial charge in [0.25, 0.3) is 0 Å². The van der Waals surface area contributed by atoms with Gasteiger partial charge in [-0.25, -0.2) is 4.79 Å². The topological polar surface area (TPSA) is 61.8 Å². The normalized spacial score (nSPS) is 42.0. The van der Waals surface area contributed by atoms with Crippen molar-refractivity contribution < 1.29 is 23.8 Å². The van der Waals surface area contributed by atoms with E-state index in [1.165, 1.54) is 0 Å². The summed E-state index contributed by atoms with van der Waals surface area (Å²) in [7, 11) is 0. The minimum Gasteiger partial charge on any atom is -0.455 e. The molecule has 25 heavy (non-hydrogen) atoms. The van der Waals surface area contributed by atoms with Crippen LogP contribution in [0.1, 0.15) is 59.8 Å². The quantitative estimate of drug-likeness (QED) is 0.576. The van der Waals surface area contributed by atoms with Crippen molar-refractivity contribution in [3.63, 3.8) is 0 Å².